The zero-order valence-electron chi connectivity index (χ0n) is 11.6. The Morgan fingerprint density at radius 3 is 2.00 bits per heavy atom. The lowest BCUT2D eigenvalue weighted by Gasteiger charge is -2.22. The van der Waals surface area contributed by atoms with Crippen molar-refractivity contribution in [2.75, 3.05) is 13.2 Å². The van der Waals surface area contributed by atoms with Gasteiger partial charge in [0.25, 0.3) is 0 Å². The summed E-state index contributed by atoms with van der Waals surface area (Å²) in [5.41, 5.74) is 0. The zero-order chi connectivity index (χ0) is 18.4. The molecular formula is C8H16O13P2. The standard InChI is InChI=1S/C8H16O13P2/c1-4(9)21-23(17,18)20-3-6(11)8(13)7(12)5(10)2-19-22(14,15)16/h5,7-8,10,12-13H,2-3H2,1H3,(H,17,18)(H2,14,15,16)/t5-,7-,8-/m1/s1. The second kappa shape index (κ2) is 8.94. The van der Waals surface area contributed by atoms with E-state index in [2.05, 4.69) is 13.6 Å². The smallest absolute Gasteiger partial charge is 0.388 e. The molecule has 13 nitrogen and oxygen atoms in total. The molecule has 136 valence electrons. The van der Waals surface area contributed by atoms with E-state index in [9.17, 15) is 34.0 Å². The van der Waals surface area contributed by atoms with Gasteiger partial charge in [-0.1, -0.05) is 0 Å². The molecule has 0 aromatic heterocycles. The molecule has 1 unspecified atom stereocenters. The molecule has 0 saturated carbocycles. The largest absolute Gasteiger partial charge is 0.530 e. The summed E-state index contributed by atoms with van der Waals surface area (Å²) in [7, 11) is -9.83. The fraction of sp³-hybridized carbons (Fsp3) is 0.750. The van der Waals surface area contributed by atoms with Crippen LogP contribution < -0.4 is 0 Å². The highest BCUT2D eigenvalue weighted by Gasteiger charge is 2.34. The molecule has 0 aliphatic carbocycles. The van der Waals surface area contributed by atoms with Gasteiger partial charge in [0.2, 0.25) is 0 Å². The molecule has 0 radical (unpaired) electrons. The fourth-order valence-electron chi connectivity index (χ4n) is 1.09. The van der Waals surface area contributed by atoms with Crippen LogP contribution >= 0.6 is 15.6 Å². The molecule has 0 aromatic rings. The molecular weight excluding hydrogens is 366 g/mol. The SMILES string of the molecule is CC(=O)OP(=O)(O)OCC(=O)[C@@H](O)[C@H](O)[C@H](O)COP(=O)(O)O. The topological polar surface area (TPSA) is 217 Å². The number of hydrogen-bond donors (Lipinski definition) is 6. The number of phosphoric acid groups is 2. The van der Waals surface area contributed by atoms with Crippen molar-refractivity contribution in [2.45, 2.75) is 25.2 Å². The third kappa shape index (κ3) is 9.89. The maximum Gasteiger partial charge on any atom is 0.530 e. The molecule has 0 fully saturated rings. The first-order valence-corrected chi connectivity index (χ1v) is 8.72. The molecule has 0 amide bonds. The van der Waals surface area contributed by atoms with E-state index in [4.69, 9.17) is 14.7 Å². The van der Waals surface area contributed by atoms with E-state index in [0.29, 0.717) is 0 Å². The van der Waals surface area contributed by atoms with Crippen LogP contribution in [0.2, 0.25) is 0 Å². The van der Waals surface area contributed by atoms with E-state index < -0.39 is 58.9 Å². The summed E-state index contributed by atoms with van der Waals surface area (Å²) in [6.45, 7) is -1.57. The first-order chi connectivity index (χ1) is 10.2. The van der Waals surface area contributed by atoms with E-state index in [-0.39, 0.29) is 0 Å². The van der Waals surface area contributed by atoms with Crippen LogP contribution in [-0.2, 0) is 32.3 Å². The Kier molecular flexibility index (Phi) is 8.66. The van der Waals surface area contributed by atoms with E-state index in [1.807, 2.05) is 0 Å². The number of phosphoric ester groups is 2. The summed E-state index contributed by atoms with van der Waals surface area (Å²) in [6, 6.07) is 0. The Labute approximate surface area is 129 Å². The maximum absolute atomic E-state index is 11.4. The molecule has 0 aliphatic rings. The summed E-state index contributed by atoms with van der Waals surface area (Å²) in [5.74, 6) is -2.55. The third-order valence-electron chi connectivity index (χ3n) is 2.07. The van der Waals surface area contributed by atoms with Crippen molar-refractivity contribution in [3.05, 3.63) is 0 Å². The lowest BCUT2D eigenvalue weighted by Crippen LogP contribution is -2.45. The quantitative estimate of drug-likeness (QED) is 0.214. The number of carbonyl (C=O) groups excluding carboxylic acids is 2. The summed E-state index contributed by atoms with van der Waals surface area (Å²) in [6.07, 6.45) is -6.62. The molecule has 0 aliphatic heterocycles. The number of Topliss-reactive ketones (excluding diaryl/α,β-unsaturated/α-hetero) is 1. The minimum absolute atomic E-state index is 0.796. The first kappa shape index (κ1) is 22.3. The van der Waals surface area contributed by atoms with Crippen molar-refractivity contribution in [3.8, 4) is 0 Å². The number of aliphatic hydroxyl groups excluding tert-OH is 3. The zero-order valence-corrected chi connectivity index (χ0v) is 13.4. The molecule has 0 heterocycles. The van der Waals surface area contributed by atoms with Crippen LogP contribution in [0, 0.1) is 0 Å². The van der Waals surface area contributed by atoms with Crippen molar-refractivity contribution < 1.29 is 62.3 Å². The third-order valence-corrected chi connectivity index (χ3v) is 3.50. The number of rotatable bonds is 10. The summed E-state index contributed by atoms with van der Waals surface area (Å²) >= 11 is 0. The number of hydrogen-bond acceptors (Lipinski definition) is 10. The molecule has 4 atom stereocenters. The van der Waals surface area contributed by atoms with Gasteiger partial charge in [0.05, 0.1) is 6.61 Å². The van der Waals surface area contributed by atoms with Crippen molar-refractivity contribution in [1.82, 2.24) is 0 Å². The Balaban J connectivity index is 4.50. The van der Waals surface area contributed by atoms with Crippen LogP contribution in [0.4, 0.5) is 0 Å². The van der Waals surface area contributed by atoms with E-state index in [0.717, 1.165) is 6.92 Å². The Bertz CT molecular complexity index is 512. The Hall–Kier alpha value is -0.720. The van der Waals surface area contributed by atoms with Gasteiger partial charge < -0.3 is 29.6 Å². The van der Waals surface area contributed by atoms with Gasteiger partial charge in [-0.15, -0.1) is 0 Å². The van der Waals surface area contributed by atoms with Gasteiger partial charge in [-0.2, -0.15) is 0 Å². The second-order valence-corrected chi connectivity index (χ2v) is 6.70. The molecule has 15 heteroatoms. The van der Waals surface area contributed by atoms with E-state index in [1.165, 1.54) is 0 Å². The van der Waals surface area contributed by atoms with Crippen molar-refractivity contribution in [3.63, 3.8) is 0 Å². The van der Waals surface area contributed by atoms with Crippen molar-refractivity contribution in [1.29, 1.82) is 0 Å². The minimum atomic E-state index is -4.94. The maximum atomic E-state index is 11.4. The second-order valence-electron chi connectivity index (χ2n) is 4.08. The first-order valence-electron chi connectivity index (χ1n) is 5.69. The summed E-state index contributed by atoms with van der Waals surface area (Å²) in [5, 5.41) is 28.1. The van der Waals surface area contributed by atoms with Gasteiger partial charge in [0, 0.05) is 6.92 Å². The summed E-state index contributed by atoms with van der Waals surface area (Å²) in [4.78, 5) is 47.6. The predicted octanol–water partition coefficient (Wildman–Crippen LogP) is -2.57. The fourth-order valence-corrected chi connectivity index (χ4v) is 2.11. The monoisotopic (exact) mass is 382 g/mol. The van der Waals surface area contributed by atoms with Crippen LogP contribution in [0.3, 0.4) is 0 Å². The normalized spacial score (nSPS) is 18.6. The van der Waals surface area contributed by atoms with Gasteiger partial charge in [0.1, 0.15) is 24.9 Å². The number of aliphatic hydroxyl groups is 3. The molecule has 0 saturated heterocycles. The molecule has 0 spiro atoms. The number of ketones is 1. The van der Waals surface area contributed by atoms with Crippen LogP contribution in [-0.4, -0.2) is 73.3 Å². The van der Waals surface area contributed by atoms with Crippen molar-refractivity contribution in [2.24, 2.45) is 0 Å². The lowest BCUT2D eigenvalue weighted by atomic mass is 10.1. The van der Waals surface area contributed by atoms with Gasteiger partial charge in [0.15, 0.2) is 5.78 Å². The average Bonchev–Trinajstić information content (AvgIpc) is 2.38. The van der Waals surface area contributed by atoms with Crippen LogP contribution in [0.15, 0.2) is 0 Å². The Morgan fingerprint density at radius 1 is 1.04 bits per heavy atom. The van der Waals surface area contributed by atoms with Gasteiger partial charge in [-0.3, -0.25) is 23.5 Å². The minimum Gasteiger partial charge on any atom is -0.388 e. The lowest BCUT2D eigenvalue weighted by molar-refractivity contribution is -0.143. The highest BCUT2D eigenvalue weighted by molar-refractivity contribution is 7.48. The van der Waals surface area contributed by atoms with Gasteiger partial charge in [-0.05, 0) is 0 Å². The molecule has 0 bridgehead atoms. The molecule has 0 rings (SSSR count). The van der Waals surface area contributed by atoms with Crippen LogP contribution in [0.5, 0.6) is 0 Å². The average molecular weight is 382 g/mol. The van der Waals surface area contributed by atoms with E-state index in [1.54, 1.807) is 0 Å². The van der Waals surface area contributed by atoms with Crippen molar-refractivity contribution >= 4 is 27.4 Å². The van der Waals surface area contributed by atoms with Gasteiger partial charge in [-0.25, -0.2) is 9.13 Å². The molecule has 23 heavy (non-hydrogen) atoms. The highest BCUT2D eigenvalue weighted by atomic mass is 31.2. The highest BCUT2D eigenvalue weighted by Crippen LogP contribution is 2.43. The van der Waals surface area contributed by atoms with Crippen LogP contribution in [0.1, 0.15) is 6.92 Å². The predicted molar refractivity (Wildman–Crippen MR) is 68.6 cm³/mol. The molecule has 6 N–H and O–H groups in total. The Morgan fingerprint density at radius 2 is 1.57 bits per heavy atom. The van der Waals surface area contributed by atoms with E-state index >= 15 is 0 Å². The van der Waals surface area contributed by atoms with Crippen LogP contribution in [0.25, 0.3) is 0 Å². The summed E-state index contributed by atoms with van der Waals surface area (Å²) < 4.78 is 33.3. The number of carbonyl (C=O) groups is 2. The van der Waals surface area contributed by atoms with Gasteiger partial charge >= 0.3 is 21.6 Å². The molecule has 0 aromatic carbocycles.